The van der Waals surface area contributed by atoms with Crippen LogP contribution in [0.2, 0.25) is 0 Å². The van der Waals surface area contributed by atoms with Gasteiger partial charge in [0.05, 0.1) is 29.7 Å². The number of guanidine groups is 1. The second kappa shape index (κ2) is 7.95. The number of aromatic nitrogens is 2. The fourth-order valence-corrected chi connectivity index (χ4v) is 3.62. The Balaban J connectivity index is 1.65. The molecule has 33 heavy (non-hydrogen) atoms. The average molecular weight is 449 g/mol. The summed E-state index contributed by atoms with van der Waals surface area (Å²) in [6, 6.07) is 11.4. The molecule has 1 unspecified atom stereocenters. The number of benzene rings is 1. The molecule has 0 aliphatic carbocycles. The van der Waals surface area contributed by atoms with Crippen molar-refractivity contribution in [3.63, 3.8) is 0 Å². The molecule has 4 heterocycles. The molecule has 0 fully saturated rings. The lowest BCUT2D eigenvalue weighted by Gasteiger charge is -2.30. The molecule has 0 radical (unpaired) electrons. The number of hydrazone groups is 1. The highest BCUT2D eigenvalue weighted by molar-refractivity contribution is 6.35. The van der Waals surface area contributed by atoms with Gasteiger partial charge in [-0.3, -0.25) is 9.78 Å². The summed E-state index contributed by atoms with van der Waals surface area (Å²) >= 11 is 0. The van der Waals surface area contributed by atoms with Gasteiger partial charge in [0.2, 0.25) is 17.9 Å². The van der Waals surface area contributed by atoms with Gasteiger partial charge in [-0.25, -0.2) is 23.7 Å². The number of aromatic amines is 1. The van der Waals surface area contributed by atoms with E-state index < -0.39 is 18.0 Å². The van der Waals surface area contributed by atoms with Crippen molar-refractivity contribution < 1.29 is 13.9 Å². The van der Waals surface area contributed by atoms with Crippen molar-refractivity contribution in [3.8, 4) is 0 Å². The van der Waals surface area contributed by atoms with Gasteiger partial charge in [0.25, 0.3) is 0 Å². The van der Waals surface area contributed by atoms with Crippen molar-refractivity contribution >= 4 is 23.1 Å². The van der Waals surface area contributed by atoms with E-state index in [-0.39, 0.29) is 23.9 Å². The molecule has 5 rings (SSSR count). The van der Waals surface area contributed by atoms with Crippen molar-refractivity contribution in [1.29, 1.82) is 0 Å². The van der Waals surface area contributed by atoms with Crippen LogP contribution in [0.1, 0.15) is 16.8 Å². The molecule has 0 spiro atoms. The van der Waals surface area contributed by atoms with Crippen LogP contribution in [0.3, 0.4) is 0 Å². The molecule has 9 nitrogen and oxygen atoms in total. The van der Waals surface area contributed by atoms with Gasteiger partial charge in [0.15, 0.2) is 5.84 Å². The first-order chi connectivity index (χ1) is 15.9. The van der Waals surface area contributed by atoms with E-state index >= 15 is 0 Å². The molecule has 0 saturated carbocycles. The Bertz CT molecular complexity index is 1340. The molecular weight excluding hydrogens is 432 g/mol. The number of amidine groups is 1. The van der Waals surface area contributed by atoms with Crippen LogP contribution in [-0.2, 0) is 6.54 Å². The Labute approximate surface area is 185 Å². The van der Waals surface area contributed by atoms with Crippen molar-refractivity contribution in [3.05, 3.63) is 99.7 Å². The molecule has 1 atom stereocenters. The lowest BCUT2D eigenvalue weighted by Crippen LogP contribution is -2.50. The maximum atomic E-state index is 13.5. The van der Waals surface area contributed by atoms with Gasteiger partial charge in [-0.2, -0.15) is 5.10 Å². The topological polar surface area (TPSA) is 123 Å². The van der Waals surface area contributed by atoms with Crippen LogP contribution in [0, 0.1) is 11.6 Å². The monoisotopic (exact) mass is 449 g/mol. The highest BCUT2D eigenvalue weighted by Gasteiger charge is 2.41. The molecular formula is C22H17F2N7O2. The lowest BCUT2D eigenvalue weighted by atomic mass is 9.98. The van der Waals surface area contributed by atoms with Crippen LogP contribution in [0.5, 0.6) is 0 Å². The molecule has 0 saturated heterocycles. The summed E-state index contributed by atoms with van der Waals surface area (Å²) in [7, 11) is 0. The Hall–Kier alpha value is -4.38. The van der Waals surface area contributed by atoms with E-state index in [2.05, 4.69) is 20.1 Å². The third-order valence-electron chi connectivity index (χ3n) is 5.19. The molecule has 2 aliphatic rings. The molecule has 11 heteroatoms. The lowest BCUT2D eigenvalue weighted by molar-refractivity contribution is -0.0394. The molecule has 3 aromatic rings. The average Bonchev–Trinajstić information content (AvgIpc) is 3.13. The van der Waals surface area contributed by atoms with Crippen LogP contribution in [0.4, 0.5) is 8.78 Å². The van der Waals surface area contributed by atoms with Gasteiger partial charge in [0.1, 0.15) is 11.6 Å². The normalized spacial score (nSPS) is 17.7. The van der Waals surface area contributed by atoms with E-state index in [1.165, 1.54) is 46.4 Å². The Morgan fingerprint density at radius 1 is 1.03 bits per heavy atom. The summed E-state index contributed by atoms with van der Waals surface area (Å²) < 4.78 is 26.7. The number of H-pyrrole nitrogens is 1. The van der Waals surface area contributed by atoms with Gasteiger partial charge in [0, 0.05) is 23.4 Å². The zero-order valence-corrected chi connectivity index (χ0v) is 17.0. The zero-order valence-electron chi connectivity index (χ0n) is 17.0. The number of hydrogen-bond donors (Lipinski definition) is 3. The fraction of sp³-hybridized carbons (Fsp3) is 0.0909. The predicted molar refractivity (Wildman–Crippen MR) is 117 cm³/mol. The minimum Gasteiger partial charge on any atom is -0.369 e. The van der Waals surface area contributed by atoms with Gasteiger partial charge in [-0.05, 0) is 42.5 Å². The van der Waals surface area contributed by atoms with Gasteiger partial charge < -0.3 is 15.8 Å². The number of nitrogens with two attached hydrogens (primary N) is 1. The SMILES string of the molecule is NC1=NC(c2ccc(F)cc2)=C(c2ccc(=O)[nH]c2)C2=NN(Cc3ccc(F)cn3)C(O)N12. The van der Waals surface area contributed by atoms with E-state index in [4.69, 9.17) is 5.73 Å². The van der Waals surface area contributed by atoms with Crippen LogP contribution >= 0.6 is 0 Å². The van der Waals surface area contributed by atoms with Gasteiger partial charge in [-0.15, -0.1) is 0 Å². The molecule has 2 aliphatic heterocycles. The number of fused-ring (bicyclic) bond motifs is 1. The number of aliphatic hydroxyl groups is 1. The molecule has 166 valence electrons. The number of nitrogens with one attached hydrogen (secondary N) is 1. The first-order valence-corrected chi connectivity index (χ1v) is 9.87. The second-order valence-corrected chi connectivity index (χ2v) is 7.35. The van der Waals surface area contributed by atoms with Gasteiger partial charge in [-0.1, -0.05) is 0 Å². The first-order valence-electron chi connectivity index (χ1n) is 9.87. The number of aliphatic hydroxyl groups excluding tert-OH is 1. The number of rotatable bonds is 4. The molecule has 0 amide bonds. The van der Waals surface area contributed by atoms with E-state index in [0.29, 0.717) is 28.1 Å². The van der Waals surface area contributed by atoms with Crippen LogP contribution in [0.15, 0.2) is 75.8 Å². The van der Waals surface area contributed by atoms with Crippen molar-refractivity contribution in [2.24, 2.45) is 15.8 Å². The van der Waals surface area contributed by atoms with Crippen LogP contribution < -0.4 is 11.3 Å². The zero-order chi connectivity index (χ0) is 23.1. The van der Waals surface area contributed by atoms with E-state index in [1.54, 1.807) is 18.2 Å². The molecule has 0 bridgehead atoms. The third-order valence-corrected chi connectivity index (χ3v) is 5.19. The smallest absolute Gasteiger partial charge is 0.247 e. The number of aliphatic imine (C=N–C) groups is 1. The highest BCUT2D eigenvalue weighted by Crippen LogP contribution is 2.36. The summed E-state index contributed by atoms with van der Waals surface area (Å²) in [4.78, 5) is 24.0. The molecule has 4 N–H and O–H groups in total. The first kappa shape index (κ1) is 20.5. The summed E-state index contributed by atoms with van der Waals surface area (Å²) in [6.45, 7) is 0.0690. The third kappa shape index (κ3) is 3.74. The van der Waals surface area contributed by atoms with E-state index in [1.807, 2.05) is 0 Å². The Kier molecular flexibility index (Phi) is 4.94. The number of halogens is 2. The quantitative estimate of drug-likeness (QED) is 0.557. The minimum absolute atomic E-state index is 0.0247. The maximum absolute atomic E-state index is 13.5. The standard InChI is InChI=1S/C22H17F2N7O2/c23-14-4-1-12(2-5-14)19-18(13-3-8-17(32)27-9-13)20-29-30(22(33)31(20)21(25)28-19)11-16-7-6-15(24)10-26-16/h1-10,22,33H,11H2,(H2,25,28)(H,27,32). The summed E-state index contributed by atoms with van der Waals surface area (Å²) in [5, 5.41) is 16.8. The Morgan fingerprint density at radius 3 is 2.42 bits per heavy atom. The van der Waals surface area contributed by atoms with E-state index in [9.17, 15) is 18.7 Å². The van der Waals surface area contributed by atoms with Crippen LogP contribution in [0.25, 0.3) is 11.3 Å². The number of pyridine rings is 2. The fourth-order valence-electron chi connectivity index (χ4n) is 3.62. The van der Waals surface area contributed by atoms with Gasteiger partial charge >= 0.3 is 0 Å². The largest absolute Gasteiger partial charge is 0.369 e. The molecule has 1 aromatic carbocycles. The number of nitrogens with zero attached hydrogens (tertiary/aromatic N) is 5. The van der Waals surface area contributed by atoms with Crippen molar-refractivity contribution in [1.82, 2.24) is 19.9 Å². The Morgan fingerprint density at radius 2 is 1.76 bits per heavy atom. The van der Waals surface area contributed by atoms with Crippen LogP contribution in [-0.4, -0.2) is 43.1 Å². The van der Waals surface area contributed by atoms with E-state index in [0.717, 1.165) is 6.20 Å². The molecule has 2 aromatic heterocycles. The highest BCUT2D eigenvalue weighted by atomic mass is 19.1. The van der Waals surface area contributed by atoms with Crippen molar-refractivity contribution in [2.75, 3.05) is 0 Å². The van der Waals surface area contributed by atoms with Crippen molar-refractivity contribution in [2.45, 2.75) is 12.9 Å². The second-order valence-electron chi connectivity index (χ2n) is 7.35. The summed E-state index contributed by atoms with van der Waals surface area (Å²) in [6.07, 6.45) is 1.27. The number of hydrogen-bond acceptors (Lipinski definition) is 8. The summed E-state index contributed by atoms with van der Waals surface area (Å²) in [5.74, 6) is -0.634. The predicted octanol–water partition coefficient (Wildman–Crippen LogP) is 1.65. The minimum atomic E-state index is -1.30. The summed E-state index contributed by atoms with van der Waals surface area (Å²) in [5.41, 5.74) is 8.35. The maximum Gasteiger partial charge on any atom is 0.247 e.